The zero-order valence-electron chi connectivity index (χ0n) is 5.32. The maximum absolute atomic E-state index is 8.53. The first-order valence-electron chi connectivity index (χ1n) is 2.64. The molecule has 56 valence electrons. The smallest absolute Gasteiger partial charge is 0.0852 e. The summed E-state index contributed by atoms with van der Waals surface area (Å²) in [5, 5.41) is 8.53. The molecule has 10 heavy (non-hydrogen) atoms. The topological polar surface area (TPSA) is 59.1 Å². The highest BCUT2D eigenvalue weighted by Crippen LogP contribution is 1.99. The summed E-state index contributed by atoms with van der Waals surface area (Å²) in [6.45, 7) is -0.0275. The van der Waals surface area contributed by atoms with Gasteiger partial charge in [-0.1, -0.05) is 0 Å². The number of nitrogens with two attached hydrogens (primary N) is 1. The third-order valence-corrected chi connectivity index (χ3v) is 1.01. The van der Waals surface area contributed by atoms with E-state index in [2.05, 4.69) is 4.98 Å². The van der Waals surface area contributed by atoms with Crippen molar-refractivity contribution in [2.24, 2.45) is 0 Å². The molecule has 0 fully saturated rings. The Hall–Kier alpha value is -0.800. The largest absolute Gasteiger partial charge is 0.397 e. The number of nitrogen functional groups attached to an aromatic ring is 1. The van der Waals surface area contributed by atoms with Crippen LogP contribution in [0.5, 0.6) is 0 Å². The number of aliphatic hydroxyl groups excluding tert-OH is 1. The Balaban J connectivity index is 0.000000810. The van der Waals surface area contributed by atoms with E-state index < -0.39 is 0 Å². The van der Waals surface area contributed by atoms with Crippen molar-refractivity contribution in [1.82, 2.24) is 4.98 Å². The van der Waals surface area contributed by atoms with E-state index in [1.165, 1.54) is 6.20 Å². The minimum Gasteiger partial charge on any atom is -0.397 e. The Kier molecular flexibility index (Phi) is 3.76. The summed E-state index contributed by atoms with van der Waals surface area (Å²) in [5.74, 6) is 0. The molecule has 0 aliphatic carbocycles. The molecular formula is C6H9ClN2O. The Morgan fingerprint density at radius 1 is 1.50 bits per heavy atom. The van der Waals surface area contributed by atoms with Gasteiger partial charge in [-0.05, 0) is 12.1 Å². The van der Waals surface area contributed by atoms with E-state index in [1.807, 2.05) is 0 Å². The van der Waals surface area contributed by atoms with Crippen LogP contribution < -0.4 is 5.73 Å². The van der Waals surface area contributed by atoms with Crippen LogP contribution >= 0.6 is 12.4 Å². The van der Waals surface area contributed by atoms with Gasteiger partial charge in [0.1, 0.15) is 0 Å². The molecule has 0 aliphatic rings. The molecule has 0 unspecified atom stereocenters. The lowest BCUT2D eigenvalue weighted by atomic mass is 10.3. The molecule has 1 rings (SSSR count). The quantitative estimate of drug-likeness (QED) is 0.632. The molecule has 1 aromatic rings. The molecule has 0 amide bonds. The van der Waals surface area contributed by atoms with Crippen LogP contribution in [-0.4, -0.2) is 10.1 Å². The van der Waals surface area contributed by atoms with E-state index in [0.29, 0.717) is 11.4 Å². The number of rotatable bonds is 1. The van der Waals surface area contributed by atoms with Gasteiger partial charge < -0.3 is 10.8 Å². The minimum atomic E-state index is -0.0275. The predicted molar refractivity (Wildman–Crippen MR) is 41.8 cm³/mol. The first-order valence-corrected chi connectivity index (χ1v) is 2.64. The van der Waals surface area contributed by atoms with Crippen molar-refractivity contribution in [2.45, 2.75) is 6.61 Å². The number of anilines is 1. The lowest BCUT2D eigenvalue weighted by Crippen LogP contribution is -1.90. The van der Waals surface area contributed by atoms with E-state index in [9.17, 15) is 0 Å². The number of halogens is 1. The Bertz CT molecular complexity index is 187. The monoisotopic (exact) mass is 160 g/mol. The average molecular weight is 161 g/mol. The maximum atomic E-state index is 8.53. The molecule has 0 saturated heterocycles. The summed E-state index contributed by atoms with van der Waals surface area (Å²) in [6, 6.07) is 3.40. The van der Waals surface area contributed by atoms with E-state index in [4.69, 9.17) is 10.8 Å². The second-order valence-corrected chi connectivity index (χ2v) is 1.74. The molecule has 0 radical (unpaired) electrons. The van der Waals surface area contributed by atoms with Gasteiger partial charge in [-0.25, -0.2) is 0 Å². The fraction of sp³-hybridized carbons (Fsp3) is 0.167. The number of aromatic nitrogens is 1. The molecule has 0 bridgehead atoms. The van der Waals surface area contributed by atoms with Gasteiger partial charge in [-0.15, -0.1) is 12.4 Å². The van der Waals surface area contributed by atoms with Crippen LogP contribution in [-0.2, 0) is 6.61 Å². The maximum Gasteiger partial charge on any atom is 0.0852 e. The Morgan fingerprint density at radius 2 is 2.20 bits per heavy atom. The number of hydrogen-bond acceptors (Lipinski definition) is 3. The van der Waals surface area contributed by atoms with Crippen molar-refractivity contribution < 1.29 is 5.11 Å². The molecular weight excluding hydrogens is 152 g/mol. The van der Waals surface area contributed by atoms with Crippen molar-refractivity contribution in [3.8, 4) is 0 Å². The summed E-state index contributed by atoms with van der Waals surface area (Å²) >= 11 is 0. The van der Waals surface area contributed by atoms with Gasteiger partial charge in [0, 0.05) is 0 Å². The molecule has 0 aliphatic heterocycles. The van der Waals surface area contributed by atoms with Gasteiger partial charge >= 0.3 is 0 Å². The van der Waals surface area contributed by atoms with E-state index >= 15 is 0 Å². The zero-order valence-corrected chi connectivity index (χ0v) is 6.14. The molecule has 3 N–H and O–H groups in total. The lowest BCUT2D eigenvalue weighted by molar-refractivity contribution is 0.277. The van der Waals surface area contributed by atoms with E-state index in [0.717, 1.165) is 0 Å². The highest BCUT2D eigenvalue weighted by atomic mass is 35.5. The highest BCUT2D eigenvalue weighted by molar-refractivity contribution is 5.85. The first kappa shape index (κ1) is 9.20. The molecule has 1 aromatic heterocycles. The second-order valence-electron chi connectivity index (χ2n) is 1.74. The number of nitrogens with zero attached hydrogens (tertiary/aromatic N) is 1. The number of aliphatic hydroxyl groups is 1. The lowest BCUT2D eigenvalue weighted by Gasteiger charge is -1.93. The van der Waals surface area contributed by atoms with Gasteiger partial charge in [0.2, 0.25) is 0 Å². The van der Waals surface area contributed by atoms with Crippen LogP contribution in [0, 0.1) is 0 Å². The van der Waals surface area contributed by atoms with Gasteiger partial charge in [-0.2, -0.15) is 0 Å². The fourth-order valence-electron chi connectivity index (χ4n) is 0.529. The Labute approximate surface area is 65.3 Å². The standard InChI is InChI=1S/C6H8N2O.ClH/c7-5-1-2-6(4-9)8-3-5;/h1-3,9H,4,7H2;1H. The van der Waals surface area contributed by atoms with E-state index in [1.54, 1.807) is 12.1 Å². The molecule has 0 atom stereocenters. The third kappa shape index (κ3) is 2.21. The van der Waals surface area contributed by atoms with Crippen molar-refractivity contribution >= 4 is 18.1 Å². The average Bonchev–Trinajstić information content (AvgIpc) is 1.90. The SMILES string of the molecule is Cl.Nc1ccc(CO)nc1. The molecule has 3 nitrogen and oxygen atoms in total. The van der Waals surface area contributed by atoms with Crippen LogP contribution in [0.2, 0.25) is 0 Å². The van der Waals surface area contributed by atoms with Gasteiger partial charge in [0.05, 0.1) is 24.2 Å². The Morgan fingerprint density at radius 3 is 2.60 bits per heavy atom. The predicted octanol–water partition coefficient (Wildman–Crippen LogP) is 0.578. The highest BCUT2D eigenvalue weighted by Gasteiger charge is 1.87. The zero-order chi connectivity index (χ0) is 6.69. The van der Waals surface area contributed by atoms with E-state index in [-0.39, 0.29) is 19.0 Å². The first-order chi connectivity index (χ1) is 4.33. The molecule has 4 heteroatoms. The summed E-state index contributed by atoms with van der Waals surface area (Å²) in [7, 11) is 0. The van der Waals surface area contributed by atoms with Crippen LogP contribution in [0.15, 0.2) is 18.3 Å². The minimum absolute atomic E-state index is 0. The van der Waals surface area contributed by atoms with Gasteiger partial charge in [0.15, 0.2) is 0 Å². The molecule has 0 spiro atoms. The van der Waals surface area contributed by atoms with Crippen molar-refractivity contribution in [1.29, 1.82) is 0 Å². The van der Waals surface area contributed by atoms with Gasteiger partial charge in [0.25, 0.3) is 0 Å². The van der Waals surface area contributed by atoms with Crippen molar-refractivity contribution in [2.75, 3.05) is 5.73 Å². The number of pyridine rings is 1. The summed E-state index contributed by atoms with van der Waals surface area (Å²) in [6.07, 6.45) is 1.52. The molecule has 1 heterocycles. The summed E-state index contributed by atoms with van der Waals surface area (Å²) in [4.78, 5) is 3.82. The fourth-order valence-corrected chi connectivity index (χ4v) is 0.529. The molecule has 0 saturated carbocycles. The molecule has 0 aromatic carbocycles. The second kappa shape index (κ2) is 4.09. The van der Waals surface area contributed by atoms with Gasteiger partial charge in [-0.3, -0.25) is 4.98 Å². The van der Waals surface area contributed by atoms with Crippen LogP contribution in [0.4, 0.5) is 5.69 Å². The number of hydrogen-bond donors (Lipinski definition) is 2. The normalized spacial score (nSPS) is 8.50. The summed E-state index contributed by atoms with van der Waals surface area (Å²) in [5.41, 5.74) is 6.60. The van der Waals surface area contributed by atoms with Crippen LogP contribution in [0.1, 0.15) is 5.69 Å². The van der Waals surface area contributed by atoms with Crippen molar-refractivity contribution in [3.63, 3.8) is 0 Å². The summed E-state index contributed by atoms with van der Waals surface area (Å²) < 4.78 is 0. The van der Waals surface area contributed by atoms with Crippen LogP contribution in [0.25, 0.3) is 0 Å². The van der Waals surface area contributed by atoms with Crippen molar-refractivity contribution in [3.05, 3.63) is 24.0 Å². The van der Waals surface area contributed by atoms with Crippen LogP contribution in [0.3, 0.4) is 0 Å². The third-order valence-electron chi connectivity index (χ3n) is 1.01.